The van der Waals surface area contributed by atoms with Crippen molar-refractivity contribution >= 4 is 57.2 Å². The van der Waals surface area contributed by atoms with Gasteiger partial charge in [-0.15, -0.1) is 0 Å². The van der Waals surface area contributed by atoms with Gasteiger partial charge in [-0.2, -0.15) is 0 Å². The molecule has 3 fully saturated rings. The van der Waals surface area contributed by atoms with Gasteiger partial charge in [0.2, 0.25) is 23.6 Å². The Morgan fingerprint density at radius 3 is 1.78 bits per heavy atom. The Morgan fingerprint density at radius 1 is 0.633 bits per heavy atom. The molecule has 4 amide bonds. The van der Waals surface area contributed by atoms with Crippen LogP contribution in [0.3, 0.4) is 0 Å². The molecule has 49 heavy (non-hydrogen) atoms. The van der Waals surface area contributed by atoms with E-state index in [9.17, 15) is 44.5 Å². The van der Waals surface area contributed by atoms with Crippen LogP contribution in [0.2, 0.25) is 0 Å². The lowest BCUT2D eigenvalue weighted by molar-refractivity contribution is -0.385. The molecule has 4 aromatic carbocycles. The van der Waals surface area contributed by atoms with Crippen LogP contribution in [-0.4, -0.2) is 38.6 Å². The van der Waals surface area contributed by atoms with E-state index in [0.29, 0.717) is 16.5 Å². The van der Waals surface area contributed by atoms with Gasteiger partial charge < -0.3 is 5.11 Å². The van der Waals surface area contributed by atoms with Crippen LogP contribution in [0.25, 0.3) is 10.8 Å². The molecule has 2 heterocycles. The van der Waals surface area contributed by atoms with Crippen LogP contribution in [0.1, 0.15) is 24.3 Å². The van der Waals surface area contributed by atoms with Gasteiger partial charge in [0.15, 0.2) is 0 Å². The van der Waals surface area contributed by atoms with E-state index >= 15 is 0 Å². The molecule has 4 aromatic rings. The predicted molar refractivity (Wildman–Crippen MR) is 174 cm³/mol. The SMILES string of the molecule is O=C1[C@H]2[C@H](CC=C3[C@H]2C[C@H]2C(=O)N(c4ccc([N+](=O)[O-])cc4)C(=O)[C@H]2[C@H]3c2c(O)ccc3ccccc23)C(=O)N1c1ccc([N+](=O)[O-])cc1. The van der Waals surface area contributed by atoms with Gasteiger partial charge in [0, 0.05) is 35.7 Å². The van der Waals surface area contributed by atoms with E-state index in [1.807, 2.05) is 24.3 Å². The normalized spacial score (nSPS) is 26.0. The summed E-state index contributed by atoms with van der Waals surface area (Å²) in [5, 5.41) is 35.4. The van der Waals surface area contributed by atoms with Crippen molar-refractivity contribution in [2.45, 2.75) is 18.8 Å². The number of hydrogen-bond acceptors (Lipinski definition) is 9. The maximum Gasteiger partial charge on any atom is 0.269 e. The van der Waals surface area contributed by atoms with E-state index in [1.54, 1.807) is 18.2 Å². The van der Waals surface area contributed by atoms with Gasteiger partial charge in [0.05, 0.1) is 44.9 Å². The summed E-state index contributed by atoms with van der Waals surface area (Å²) < 4.78 is 0. The highest BCUT2D eigenvalue weighted by atomic mass is 16.6. The summed E-state index contributed by atoms with van der Waals surface area (Å²) >= 11 is 0. The second-order valence-corrected chi connectivity index (χ2v) is 12.8. The Kier molecular flexibility index (Phi) is 6.70. The number of aromatic hydroxyl groups is 1. The number of phenolic OH excluding ortho intramolecular Hbond substituents is 1. The van der Waals surface area contributed by atoms with Crippen molar-refractivity contribution in [3.05, 3.63) is 122 Å². The number of nitro groups is 2. The number of rotatable bonds is 5. The Morgan fingerprint density at radius 2 is 1.18 bits per heavy atom. The molecule has 6 atom stereocenters. The highest BCUT2D eigenvalue weighted by Gasteiger charge is 2.62. The van der Waals surface area contributed by atoms with Crippen molar-refractivity contribution in [2.75, 3.05) is 9.80 Å². The quantitative estimate of drug-likeness (QED) is 0.127. The topological polar surface area (TPSA) is 181 Å². The fourth-order valence-corrected chi connectivity index (χ4v) is 8.48. The minimum Gasteiger partial charge on any atom is -0.508 e. The van der Waals surface area contributed by atoms with Crippen molar-refractivity contribution < 1.29 is 34.1 Å². The molecule has 0 spiro atoms. The Labute approximate surface area is 277 Å². The standard InChI is InChI=1S/C36H26N4O9/c41-28-16-5-18-3-1-2-4-23(18)30(28)31-24-14-15-25-29(35(44)37(33(25)42)19-6-10-21(11-7-19)39(46)47)26(24)17-27-32(31)36(45)38(34(27)43)20-8-12-22(13-9-20)40(48)49/h1-14,16,25-27,29,31-32,41H,15,17H2/t25-,26+,27+,29-,31+,32+/m0/s1. The van der Waals surface area contributed by atoms with Crippen LogP contribution < -0.4 is 9.80 Å². The summed E-state index contributed by atoms with van der Waals surface area (Å²) in [4.78, 5) is 80.2. The summed E-state index contributed by atoms with van der Waals surface area (Å²) in [6.07, 6.45) is 2.13. The number of anilines is 2. The van der Waals surface area contributed by atoms with Gasteiger partial charge in [-0.05, 0) is 59.9 Å². The van der Waals surface area contributed by atoms with Crippen molar-refractivity contribution in [1.82, 2.24) is 0 Å². The van der Waals surface area contributed by atoms with Crippen molar-refractivity contribution in [3.8, 4) is 5.75 Å². The summed E-state index contributed by atoms with van der Waals surface area (Å²) in [7, 11) is 0. The van der Waals surface area contributed by atoms with Gasteiger partial charge in [0.1, 0.15) is 5.75 Å². The van der Waals surface area contributed by atoms with E-state index in [-0.39, 0.29) is 41.3 Å². The van der Waals surface area contributed by atoms with Crippen LogP contribution in [0, 0.1) is 49.8 Å². The molecule has 2 aliphatic carbocycles. The zero-order valence-corrected chi connectivity index (χ0v) is 25.5. The van der Waals surface area contributed by atoms with E-state index in [4.69, 9.17) is 0 Å². The molecule has 1 N–H and O–H groups in total. The molecular formula is C36H26N4O9. The number of carbonyl (C=O) groups excluding carboxylic acids is 4. The first kappa shape index (κ1) is 30.1. The smallest absolute Gasteiger partial charge is 0.269 e. The van der Waals surface area contributed by atoms with Gasteiger partial charge in [-0.25, -0.2) is 0 Å². The van der Waals surface area contributed by atoms with Crippen LogP contribution in [-0.2, 0) is 19.2 Å². The second kappa shape index (κ2) is 10.9. The van der Waals surface area contributed by atoms with Gasteiger partial charge in [0.25, 0.3) is 11.4 Å². The number of non-ortho nitro benzene ring substituents is 2. The molecule has 0 radical (unpaired) electrons. The monoisotopic (exact) mass is 658 g/mol. The summed E-state index contributed by atoms with van der Waals surface area (Å²) in [5.41, 5.74) is 1.10. The summed E-state index contributed by atoms with van der Waals surface area (Å²) in [6.45, 7) is 0. The summed E-state index contributed by atoms with van der Waals surface area (Å²) in [5.74, 6) is -7.07. The molecule has 8 rings (SSSR count). The molecule has 13 heteroatoms. The molecule has 0 unspecified atom stereocenters. The third-order valence-electron chi connectivity index (χ3n) is 10.5. The molecule has 0 aromatic heterocycles. The Bertz CT molecular complexity index is 2180. The third-order valence-corrected chi connectivity index (χ3v) is 10.5. The number of imide groups is 2. The van der Waals surface area contributed by atoms with E-state index in [2.05, 4.69) is 0 Å². The molecule has 0 bridgehead atoms. The zero-order valence-electron chi connectivity index (χ0n) is 25.5. The Balaban J connectivity index is 1.26. The van der Waals surface area contributed by atoms with E-state index in [1.165, 1.54) is 48.5 Å². The minimum absolute atomic E-state index is 0.0820. The first-order valence-electron chi connectivity index (χ1n) is 15.7. The maximum atomic E-state index is 14.4. The number of fused-ring (bicyclic) bond motifs is 5. The first-order valence-corrected chi connectivity index (χ1v) is 15.7. The fourth-order valence-electron chi connectivity index (χ4n) is 8.48. The van der Waals surface area contributed by atoms with Crippen LogP contribution in [0.4, 0.5) is 22.7 Å². The number of allylic oxidation sites excluding steroid dienone is 2. The number of nitro benzene ring substituents is 2. The maximum absolute atomic E-state index is 14.4. The largest absolute Gasteiger partial charge is 0.508 e. The fraction of sp³-hybridized carbons (Fsp3) is 0.222. The molecule has 4 aliphatic rings. The minimum atomic E-state index is -0.962. The average molecular weight is 659 g/mol. The number of nitrogens with zero attached hydrogens (tertiary/aromatic N) is 4. The van der Waals surface area contributed by atoms with Crippen molar-refractivity contribution in [1.29, 1.82) is 0 Å². The van der Waals surface area contributed by atoms with Gasteiger partial charge >= 0.3 is 0 Å². The number of benzene rings is 4. The van der Waals surface area contributed by atoms with Crippen LogP contribution >= 0.6 is 0 Å². The van der Waals surface area contributed by atoms with Crippen molar-refractivity contribution in [3.63, 3.8) is 0 Å². The third kappa shape index (κ3) is 4.38. The van der Waals surface area contributed by atoms with Crippen LogP contribution in [0.5, 0.6) is 5.75 Å². The predicted octanol–water partition coefficient (Wildman–Crippen LogP) is 5.41. The molecule has 2 saturated heterocycles. The molecular weight excluding hydrogens is 632 g/mol. The lowest BCUT2D eigenvalue weighted by Crippen LogP contribution is -2.43. The molecule has 13 nitrogen and oxygen atoms in total. The van der Waals surface area contributed by atoms with Gasteiger partial charge in [-0.3, -0.25) is 49.2 Å². The number of hydrogen-bond donors (Lipinski definition) is 1. The molecule has 244 valence electrons. The highest BCUT2D eigenvalue weighted by Crippen LogP contribution is 2.60. The number of phenols is 1. The lowest BCUT2D eigenvalue weighted by Gasteiger charge is -2.44. The zero-order chi connectivity index (χ0) is 34.3. The van der Waals surface area contributed by atoms with Gasteiger partial charge in [-0.1, -0.05) is 42.0 Å². The van der Waals surface area contributed by atoms with E-state index < -0.39 is 69.0 Å². The number of carbonyl (C=O) groups is 4. The highest BCUT2D eigenvalue weighted by molar-refractivity contribution is 6.24. The average Bonchev–Trinajstić information content (AvgIpc) is 3.51. The number of amides is 4. The lowest BCUT2D eigenvalue weighted by atomic mass is 9.56. The first-order chi connectivity index (χ1) is 23.6. The van der Waals surface area contributed by atoms with Crippen molar-refractivity contribution in [2.24, 2.45) is 29.6 Å². The molecule has 1 saturated carbocycles. The second-order valence-electron chi connectivity index (χ2n) is 12.8. The molecule has 2 aliphatic heterocycles. The van der Waals surface area contributed by atoms with Crippen LogP contribution in [0.15, 0.2) is 96.6 Å². The summed E-state index contributed by atoms with van der Waals surface area (Å²) in [6, 6.07) is 20.9. The Hall–Kier alpha value is -6.24. The van der Waals surface area contributed by atoms with E-state index in [0.717, 1.165) is 15.2 Å².